The van der Waals surface area contributed by atoms with Crippen LogP contribution in [0, 0.1) is 0 Å². The van der Waals surface area contributed by atoms with E-state index < -0.39 is 0 Å². The van der Waals surface area contributed by atoms with Crippen LogP contribution < -0.4 is 15.4 Å². The van der Waals surface area contributed by atoms with Crippen molar-refractivity contribution in [2.45, 2.75) is 0 Å². The van der Waals surface area contributed by atoms with E-state index in [0.717, 1.165) is 11.3 Å². The number of amides is 2. The average Bonchev–Trinajstić information content (AvgIpc) is 2.59. The molecule has 0 aliphatic heterocycles. The van der Waals surface area contributed by atoms with Crippen LogP contribution in [-0.4, -0.2) is 26.0 Å². The number of carbonyl (C=O) groups is 2. The monoisotopic (exact) mass is 310 g/mol. The van der Waals surface area contributed by atoms with Crippen LogP contribution in [0.1, 0.15) is 15.9 Å². The maximum atomic E-state index is 12.0. The number of ether oxygens (including phenoxy) is 1. The van der Waals surface area contributed by atoms with Gasteiger partial charge in [-0.15, -0.1) is 0 Å². The first-order valence-corrected chi connectivity index (χ1v) is 7.07. The van der Waals surface area contributed by atoms with E-state index in [1.165, 1.54) is 6.08 Å². The van der Waals surface area contributed by atoms with Gasteiger partial charge in [0.1, 0.15) is 5.75 Å². The molecule has 2 aromatic carbocycles. The summed E-state index contributed by atoms with van der Waals surface area (Å²) >= 11 is 0. The van der Waals surface area contributed by atoms with Crippen molar-refractivity contribution in [2.75, 3.05) is 19.5 Å². The molecule has 0 unspecified atom stereocenters. The molecule has 0 fully saturated rings. The lowest BCUT2D eigenvalue weighted by atomic mass is 10.2. The van der Waals surface area contributed by atoms with Gasteiger partial charge < -0.3 is 15.4 Å². The lowest BCUT2D eigenvalue weighted by Crippen LogP contribution is -2.18. The van der Waals surface area contributed by atoms with Crippen LogP contribution >= 0.6 is 0 Å². The Morgan fingerprint density at radius 3 is 2.61 bits per heavy atom. The predicted octanol–water partition coefficient (Wildman–Crippen LogP) is 2.71. The van der Waals surface area contributed by atoms with Gasteiger partial charge >= 0.3 is 0 Å². The normalized spacial score (nSPS) is 10.3. The number of benzene rings is 2. The van der Waals surface area contributed by atoms with Crippen LogP contribution in [0.15, 0.2) is 54.6 Å². The fourth-order valence-corrected chi connectivity index (χ4v) is 1.98. The van der Waals surface area contributed by atoms with Crippen molar-refractivity contribution in [3.63, 3.8) is 0 Å². The van der Waals surface area contributed by atoms with E-state index in [1.807, 2.05) is 24.3 Å². The summed E-state index contributed by atoms with van der Waals surface area (Å²) in [6.45, 7) is 0. The number of hydrogen-bond acceptors (Lipinski definition) is 3. The van der Waals surface area contributed by atoms with Crippen LogP contribution in [0.2, 0.25) is 0 Å². The lowest BCUT2D eigenvalue weighted by molar-refractivity contribution is -0.111. The molecular weight excluding hydrogens is 292 g/mol. The van der Waals surface area contributed by atoms with E-state index >= 15 is 0 Å². The van der Waals surface area contributed by atoms with E-state index in [-0.39, 0.29) is 11.8 Å². The Balaban J connectivity index is 2.04. The predicted molar refractivity (Wildman–Crippen MR) is 90.5 cm³/mol. The summed E-state index contributed by atoms with van der Waals surface area (Å²) in [4.78, 5) is 23.5. The van der Waals surface area contributed by atoms with Crippen molar-refractivity contribution < 1.29 is 14.3 Å². The summed E-state index contributed by atoms with van der Waals surface area (Å²) in [7, 11) is 3.15. The molecule has 0 aromatic heterocycles. The first-order chi connectivity index (χ1) is 11.1. The van der Waals surface area contributed by atoms with Gasteiger partial charge in [0.25, 0.3) is 5.91 Å². The molecule has 0 bridgehead atoms. The van der Waals surface area contributed by atoms with Crippen LogP contribution in [0.4, 0.5) is 5.69 Å². The van der Waals surface area contributed by atoms with Gasteiger partial charge in [0.2, 0.25) is 5.91 Å². The molecule has 5 heteroatoms. The Bertz CT molecular complexity index is 739. The van der Waals surface area contributed by atoms with E-state index in [9.17, 15) is 9.59 Å². The molecule has 23 heavy (non-hydrogen) atoms. The Morgan fingerprint density at radius 1 is 1.09 bits per heavy atom. The Hall–Kier alpha value is -3.08. The molecule has 0 spiro atoms. The number of nitrogens with one attached hydrogen (secondary N) is 2. The quantitative estimate of drug-likeness (QED) is 0.834. The van der Waals surface area contributed by atoms with Crippen LogP contribution in [0.3, 0.4) is 0 Å². The lowest BCUT2D eigenvalue weighted by Gasteiger charge is -2.05. The van der Waals surface area contributed by atoms with Gasteiger partial charge in [0.15, 0.2) is 0 Å². The van der Waals surface area contributed by atoms with E-state index in [0.29, 0.717) is 11.3 Å². The minimum Gasteiger partial charge on any atom is -0.497 e. The molecule has 2 amide bonds. The van der Waals surface area contributed by atoms with Crippen LogP contribution in [0.5, 0.6) is 5.75 Å². The molecule has 2 rings (SSSR count). The molecule has 0 aliphatic rings. The zero-order valence-corrected chi connectivity index (χ0v) is 13.0. The average molecular weight is 310 g/mol. The largest absolute Gasteiger partial charge is 0.497 e. The highest BCUT2D eigenvalue weighted by atomic mass is 16.5. The topological polar surface area (TPSA) is 67.4 Å². The third-order valence-corrected chi connectivity index (χ3v) is 3.14. The minimum absolute atomic E-state index is 0.201. The van der Waals surface area contributed by atoms with Crippen LogP contribution in [-0.2, 0) is 4.79 Å². The molecule has 2 N–H and O–H groups in total. The Labute approximate surface area is 135 Å². The van der Waals surface area contributed by atoms with Crippen molar-refractivity contribution in [1.29, 1.82) is 0 Å². The van der Waals surface area contributed by atoms with E-state index in [1.54, 1.807) is 44.5 Å². The second-order valence-electron chi connectivity index (χ2n) is 4.76. The maximum absolute atomic E-state index is 12.0. The SMILES string of the molecule is CNC(=O)c1cccc(NC(=O)C=Cc2cccc(OC)c2)c1. The fraction of sp³-hybridized carbons (Fsp3) is 0.111. The molecule has 0 heterocycles. The first kappa shape index (κ1) is 16.3. The summed E-state index contributed by atoms with van der Waals surface area (Å²) in [6, 6.07) is 14.1. The molecular formula is C18H18N2O3. The zero-order valence-electron chi connectivity index (χ0n) is 13.0. The fourth-order valence-electron chi connectivity index (χ4n) is 1.98. The van der Waals surface area contributed by atoms with Gasteiger partial charge in [-0.2, -0.15) is 0 Å². The Morgan fingerprint density at radius 2 is 1.87 bits per heavy atom. The zero-order chi connectivity index (χ0) is 16.7. The highest BCUT2D eigenvalue weighted by molar-refractivity contribution is 6.03. The molecule has 0 aliphatic carbocycles. The third-order valence-electron chi connectivity index (χ3n) is 3.14. The van der Waals surface area contributed by atoms with Gasteiger partial charge in [0, 0.05) is 24.4 Å². The van der Waals surface area contributed by atoms with Gasteiger partial charge in [-0.05, 0) is 42.0 Å². The van der Waals surface area contributed by atoms with Crippen molar-refractivity contribution in [2.24, 2.45) is 0 Å². The third kappa shape index (κ3) is 4.71. The standard InChI is InChI=1S/C18H18N2O3/c1-19-18(22)14-6-4-7-15(12-14)20-17(21)10-9-13-5-3-8-16(11-13)23-2/h3-12H,1-2H3,(H,19,22)(H,20,21). The smallest absolute Gasteiger partial charge is 0.251 e. The molecule has 0 atom stereocenters. The number of rotatable bonds is 5. The number of hydrogen-bond donors (Lipinski definition) is 2. The summed E-state index contributed by atoms with van der Waals surface area (Å²) < 4.78 is 5.13. The van der Waals surface area contributed by atoms with Gasteiger partial charge in [0.05, 0.1) is 7.11 Å². The van der Waals surface area contributed by atoms with Gasteiger partial charge in [-0.25, -0.2) is 0 Å². The van der Waals surface area contributed by atoms with E-state index in [4.69, 9.17) is 4.74 Å². The van der Waals surface area contributed by atoms with Crippen LogP contribution in [0.25, 0.3) is 6.08 Å². The maximum Gasteiger partial charge on any atom is 0.251 e. The Kier molecular flexibility index (Phi) is 5.52. The molecule has 118 valence electrons. The van der Waals surface area contributed by atoms with Gasteiger partial charge in [-0.1, -0.05) is 18.2 Å². The second-order valence-corrected chi connectivity index (χ2v) is 4.76. The number of methoxy groups -OCH3 is 1. The summed E-state index contributed by atoms with van der Waals surface area (Å²) in [5.41, 5.74) is 1.91. The van der Waals surface area contributed by atoms with Gasteiger partial charge in [-0.3, -0.25) is 9.59 Å². The molecule has 0 saturated carbocycles. The van der Waals surface area contributed by atoms with Crippen molar-refractivity contribution in [3.05, 3.63) is 65.7 Å². The number of anilines is 1. The molecule has 2 aromatic rings. The highest BCUT2D eigenvalue weighted by Crippen LogP contribution is 2.14. The molecule has 0 radical (unpaired) electrons. The summed E-state index contributed by atoms with van der Waals surface area (Å²) in [5, 5.41) is 5.26. The summed E-state index contributed by atoms with van der Waals surface area (Å²) in [6.07, 6.45) is 3.13. The highest BCUT2D eigenvalue weighted by Gasteiger charge is 2.04. The minimum atomic E-state index is -0.276. The molecule has 0 saturated heterocycles. The molecule has 5 nitrogen and oxygen atoms in total. The van der Waals surface area contributed by atoms with Crippen molar-refractivity contribution in [3.8, 4) is 5.75 Å². The summed E-state index contributed by atoms with van der Waals surface area (Å²) in [5.74, 6) is 0.251. The first-order valence-electron chi connectivity index (χ1n) is 7.07. The van der Waals surface area contributed by atoms with E-state index in [2.05, 4.69) is 10.6 Å². The van der Waals surface area contributed by atoms with Crippen molar-refractivity contribution in [1.82, 2.24) is 5.32 Å². The second kappa shape index (κ2) is 7.79. The van der Waals surface area contributed by atoms with Crippen molar-refractivity contribution >= 4 is 23.6 Å². The number of carbonyl (C=O) groups excluding carboxylic acids is 2.